The highest BCUT2D eigenvalue weighted by atomic mass is 16.3. The fourth-order valence-electron chi connectivity index (χ4n) is 1.98. The quantitative estimate of drug-likeness (QED) is 0.846. The first-order valence-corrected chi connectivity index (χ1v) is 6.18. The van der Waals surface area contributed by atoms with E-state index in [1.165, 1.54) is 0 Å². The largest absolute Gasteiger partial charge is 0.507 e. The van der Waals surface area contributed by atoms with Gasteiger partial charge in [0.1, 0.15) is 5.75 Å². The molecule has 1 N–H and O–H groups in total. The van der Waals surface area contributed by atoms with Crippen molar-refractivity contribution < 1.29 is 5.11 Å². The van der Waals surface area contributed by atoms with Gasteiger partial charge in [0.25, 0.3) is 0 Å². The Morgan fingerprint density at radius 1 is 1.32 bits per heavy atom. The van der Waals surface area contributed by atoms with E-state index in [1.54, 1.807) is 12.1 Å². The van der Waals surface area contributed by atoms with Crippen LogP contribution in [0.15, 0.2) is 43.1 Å². The minimum atomic E-state index is 0.241. The molecule has 3 nitrogen and oxygen atoms in total. The Kier molecular flexibility index (Phi) is 3.56. The van der Waals surface area contributed by atoms with E-state index in [0.29, 0.717) is 0 Å². The molecule has 0 aliphatic rings. The van der Waals surface area contributed by atoms with Gasteiger partial charge >= 0.3 is 0 Å². The molecule has 0 aliphatic heterocycles. The molecule has 0 aliphatic carbocycles. The van der Waals surface area contributed by atoms with Crippen molar-refractivity contribution in [3.05, 3.63) is 59.9 Å². The summed E-state index contributed by atoms with van der Waals surface area (Å²) in [5.74, 6) is 0.241. The second-order valence-corrected chi connectivity index (χ2v) is 4.65. The van der Waals surface area contributed by atoms with Gasteiger partial charge in [-0.2, -0.15) is 5.10 Å². The highest BCUT2D eigenvalue weighted by Crippen LogP contribution is 2.26. The molecule has 1 aromatic carbocycles. The summed E-state index contributed by atoms with van der Waals surface area (Å²) < 4.78 is 1.88. The molecule has 1 heterocycles. The van der Waals surface area contributed by atoms with Crippen molar-refractivity contribution in [3.8, 4) is 5.75 Å². The maximum absolute atomic E-state index is 9.81. The van der Waals surface area contributed by atoms with E-state index in [1.807, 2.05) is 49.9 Å². The van der Waals surface area contributed by atoms with E-state index in [-0.39, 0.29) is 5.75 Å². The number of hydrogen-bond acceptors (Lipinski definition) is 2. The van der Waals surface area contributed by atoms with Crippen molar-refractivity contribution >= 4 is 11.3 Å². The van der Waals surface area contributed by atoms with Crippen molar-refractivity contribution in [1.29, 1.82) is 0 Å². The molecule has 0 atom stereocenters. The average Bonchev–Trinajstić information content (AvgIpc) is 2.70. The smallest absolute Gasteiger partial charge is 0.123 e. The van der Waals surface area contributed by atoms with Crippen molar-refractivity contribution in [2.24, 2.45) is 0 Å². The molecule has 0 saturated carbocycles. The third-order valence-corrected chi connectivity index (χ3v) is 3.22. The summed E-state index contributed by atoms with van der Waals surface area (Å²) in [7, 11) is 0. The molecule has 2 aromatic rings. The zero-order chi connectivity index (χ0) is 14.0. The maximum Gasteiger partial charge on any atom is 0.123 e. The maximum atomic E-state index is 9.81. The topological polar surface area (TPSA) is 38.0 Å². The van der Waals surface area contributed by atoms with Crippen LogP contribution in [0.5, 0.6) is 5.75 Å². The number of hydrogen-bond donors (Lipinski definition) is 1. The van der Waals surface area contributed by atoms with Crippen molar-refractivity contribution in [2.45, 2.75) is 20.8 Å². The van der Waals surface area contributed by atoms with Gasteiger partial charge in [-0.3, -0.25) is 0 Å². The van der Waals surface area contributed by atoms with E-state index in [0.717, 1.165) is 28.1 Å². The van der Waals surface area contributed by atoms with Gasteiger partial charge in [-0.15, -0.1) is 0 Å². The molecular weight excluding hydrogens is 236 g/mol. The zero-order valence-electron chi connectivity index (χ0n) is 11.5. The van der Waals surface area contributed by atoms with Gasteiger partial charge in [-0.25, -0.2) is 4.68 Å². The second-order valence-electron chi connectivity index (χ2n) is 4.65. The molecule has 0 amide bonds. The first-order valence-electron chi connectivity index (χ1n) is 6.18. The van der Waals surface area contributed by atoms with Crippen LogP contribution < -0.4 is 0 Å². The lowest BCUT2D eigenvalue weighted by Crippen LogP contribution is -1.99. The van der Waals surface area contributed by atoms with Gasteiger partial charge < -0.3 is 5.11 Å². The van der Waals surface area contributed by atoms with E-state index in [2.05, 4.69) is 11.7 Å². The molecule has 0 fully saturated rings. The SMILES string of the molecule is C=C(/C=C(/C)n1ncc(C)c1C)c1ccccc1O. The van der Waals surface area contributed by atoms with Gasteiger partial charge in [0.2, 0.25) is 0 Å². The molecule has 0 radical (unpaired) electrons. The molecule has 19 heavy (non-hydrogen) atoms. The second kappa shape index (κ2) is 5.14. The predicted octanol–water partition coefficient (Wildman–Crippen LogP) is 3.78. The third kappa shape index (κ3) is 2.60. The number of rotatable bonds is 3. The molecule has 2 rings (SSSR count). The van der Waals surface area contributed by atoms with Gasteiger partial charge in [0.05, 0.1) is 6.20 Å². The number of allylic oxidation sites excluding steroid dienone is 3. The number of aromatic hydroxyl groups is 1. The lowest BCUT2D eigenvalue weighted by molar-refractivity contribution is 0.474. The van der Waals surface area contributed by atoms with Crippen molar-refractivity contribution in [3.63, 3.8) is 0 Å². The van der Waals surface area contributed by atoms with Gasteiger partial charge in [-0.05, 0) is 44.1 Å². The van der Waals surface area contributed by atoms with Crippen molar-refractivity contribution in [1.82, 2.24) is 9.78 Å². The average molecular weight is 254 g/mol. The van der Waals surface area contributed by atoms with Crippen LogP contribution in [0.1, 0.15) is 23.7 Å². The van der Waals surface area contributed by atoms with E-state index < -0.39 is 0 Å². The zero-order valence-corrected chi connectivity index (χ0v) is 11.5. The summed E-state index contributed by atoms with van der Waals surface area (Å²) in [6.45, 7) is 10.0. The Morgan fingerprint density at radius 2 is 2.00 bits per heavy atom. The Labute approximate surface area is 113 Å². The van der Waals surface area contributed by atoms with Gasteiger partial charge in [-0.1, -0.05) is 24.8 Å². The van der Waals surface area contributed by atoms with Crippen LogP contribution in [0.3, 0.4) is 0 Å². The van der Waals surface area contributed by atoms with Crippen LogP contribution in [-0.4, -0.2) is 14.9 Å². The predicted molar refractivity (Wildman–Crippen MR) is 78.8 cm³/mol. The van der Waals surface area contributed by atoms with Gasteiger partial charge in [0.15, 0.2) is 0 Å². The molecule has 0 spiro atoms. The molecule has 0 saturated heterocycles. The number of para-hydroxylation sites is 1. The molecular formula is C16H18N2O. The lowest BCUT2D eigenvalue weighted by Gasteiger charge is -2.08. The van der Waals surface area contributed by atoms with E-state index in [9.17, 15) is 5.11 Å². The molecule has 3 heteroatoms. The number of nitrogens with zero attached hydrogens (tertiary/aromatic N) is 2. The monoisotopic (exact) mass is 254 g/mol. The van der Waals surface area contributed by atoms with E-state index in [4.69, 9.17) is 0 Å². The standard InChI is InChI=1S/C16H18N2O/c1-11(15-7-5-6-8-16(15)19)9-13(3)18-14(4)12(2)10-17-18/h5-10,19H,1H2,2-4H3/b13-9-. The van der Waals surface area contributed by atoms with Gasteiger partial charge in [0, 0.05) is 17.0 Å². The minimum Gasteiger partial charge on any atom is -0.507 e. The molecule has 0 bridgehead atoms. The summed E-state index contributed by atoms with van der Waals surface area (Å²) >= 11 is 0. The Hall–Kier alpha value is -2.29. The summed E-state index contributed by atoms with van der Waals surface area (Å²) in [5, 5.41) is 14.1. The van der Waals surface area contributed by atoms with Crippen molar-refractivity contribution in [2.75, 3.05) is 0 Å². The minimum absolute atomic E-state index is 0.241. The highest BCUT2D eigenvalue weighted by Gasteiger charge is 2.06. The molecule has 1 aromatic heterocycles. The number of aryl methyl sites for hydroxylation is 1. The van der Waals surface area contributed by atoms with E-state index >= 15 is 0 Å². The number of benzene rings is 1. The fraction of sp³-hybridized carbons (Fsp3) is 0.188. The highest BCUT2D eigenvalue weighted by molar-refractivity contribution is 5.80. The Morgan fingerprint density at radius 3 is 2.58 bits per heavy atom. The Balaban J connectivity index is 2.34. The Bertz CT molecular complexity index is 651. The van der Waals surface area contributed by atoms with Crippen LogP contribution in [0.4, 0.5) is 0 Å². The van der Waals surface area contributed by atoms with Crippen LogP contribution in [0.2, 0.25) is 0 Å². The summed E-state index contributed by atoms with van der Waals surface area (Å²) in [6.07, 6.45) is 3.77. The van der Waals surface area contributed by atoms with Crippen LogP contribution >= 0.6 is 0 Å². The normalized spacial score (nSPS) is 11.6. The molecule has 0 unspecified atom stereocenters. The first-order chi connectivity index (χ1) is 9.00. The first kappa shape index (κ1) is 13.1. The van der Waals surface area contributed by atoms with Crippen LogP contribution in [-0.2, 0) is 0 Å². The number of phenols is 1. The summed E-state index contributed by atoms with van der Waals surface area (Å²) in [4.78, 5) is 0. The van der Waals surface area contributed by atoms with Crippen LogP contribution in [0.25, 0.3) is 11.3 Å². The summed E-state index contributed by atoms with van der Waals surface area (Å²) in [5.41, 5.74) is 4.74. The van der Waals surface area contributed by atoms with Crippen LogP contribution in [0, 0.1) is 13.8 Å². The number of aromatic nitrogens is 2. The molecule has 98 valence electrons. The summed E-state index contributed by atoms with van der Waals surface area (Å²) in [6, 6.07) is 7.19. The lowest BCUT2D eigenvalue weighted by atomic mass is 10.1. The third-order valence-electron chi connectivity index (χ3n) is 3.22. The number of phenolic OH excluding ortho intramolecular Hbond substituents is 1. The fourth-order valence-corrected chi connectivity index (χ4v) is 1.98.